The van der Waals surface area contributed by atoms with E-state index in [-0.39, 0.29) is 22.4 Å². The SMILES string of the molecule is O=C(NCCOc1ccc(Cl)cc1)C1CCN(c2ccccc2[N+](=O)[O-])CC1. The van der Waals surface area contributed by atoms with E-state index in [1.54, 1.807) is 42.5 Å². The molecule has 28 heavy (non-hydrogen) atoms. The highest BCUT2D eigenvalue weighted by Gasteiger charge is 2.27. The zero-order valence-corrected chi connectivity index (χ0v) is 16.1. The van der Waals surface area contributed by atoms with Gasteiger partial charge in [0.15, 0.2) is 0 Å². The second-order valence-electron chi connectivity index (χ2n) is 6.60. The van der Waals surface area contributed by atoms with Gasteiger partial charge in [0.1, 0.15) is 18.0 Å². The molecule has 1 fully saturated rings. The van der Waals surface area contributed by atoms with E-state index in [0.29, 0.717) is 55.5 Å². The molecule has 0 saturated carbocycles. The first-order valence-electron chi connectivity index (χ1n) is 9.19. The molecule has 1 amide bonds. The number of nitro benzene ring substituents is 1. The highest BCUT2D eigenvalue weighted by molar-refractivity contribution is 6.30. The Kier molecular flexibility index (Phi) is 6.71. The predicted molar refractivity (Wildman–Crippen MR) is 108 cm³/mol. The highest BCUT2D eigenvalue weighted by atomic mass is 35.5. The van der Waals surface area contributed by atoms with Crippen molar-refractivity contribution in [3.8, 4) is 5.75 Å². The number of rotatable bonds is 7. The number of para-hydroxylation sites is 2. The van der Waals surface area contributed by atoms with E-state index in [2.05, 4.69) is 5.32 Å². The highest BCUT2D eigenvalue weighted by Crippen LogP contribution is 2.31. The summed E-state index contributed by atoms with van der Waals surface area (Å²) >= 11 is 5.82. The van der Waals surface area contributed by atoms with Gasteiger partial charge in [-0.15, -0.1) is 0 Å². The van der Waals surface area contributed by atoms with Crippen LogP contribution in [0.15, 0.2) is 48.5 Å². The van der Waals surface area contributed by atoms with Gasteiger partial charge in [0.2, 0.25) is 5.91 Å². The van der Waals surface area contributed by atoms with Gasteiger partial charge in [-0.2, -0.15) is 0 Å². The van der Waals surface area contributed by atoms with Crippen LogP contribution in [-0.2, 0) is 4.79 Å². The molecule has 148 valence electrons. The first kappa shape index (κ1) is 19.9. The van der Waals surface area contributed by atoms with Crippen LogP contribution in [-0.4, -0.2) is 37.1 Å². The van der Waals surface area contributed by atoms with Crippen LogP contribution >= 0.6 is 11.6 Å². The van der Waals surface area contributed by atoms with E-state index in [1.165, 1.54) is 6.07 Å². The number of amides is 1. The number of anilines is 1. The summed E-state index contributed by atoms with van der Waals surface area (Å²) in [6.45, 7) is 2.03. The third kappa shape index (κ3) is 5.13. The summed E-state index contributed by atoms with van der Waals surface area (Å²) in [7, 11) is 0. The Morgan fingerprint density at radius 2 is 1.86 bits per heavy atom. The van der Waals surface area contributed by atoms with E-state index in [9.17, 15) is 14.9 Å². The number of ether oxygens (including phenoxy) is 1. The summed E-state index contributed by atoms with van der Waals surface area (Å²) in [6.07, 6.45) is 1.33. The number of halogens is 1. The first-order valence-corrected chi connectivity index (χ1v) is 9.57. The summed E-state index contributed by atoms with van der Waals surface area (Å²) in [5.74, 6) is 0.618. The van der Waals surface area contributed by atoms with Crippen LogP contribution < -0.4 is 15.0 Å². The number of nitro groups is 1. The Hall–Kier alpha value is -2.80. The maximum Gasteiger partial charge on any atom is 0.292 e. The molecule has 1 saturated heterocycles. The van der Waals surface area contributed by atoms with Crippen molar-refractivity contribution in [2.45, 2.75) is 12.8 Å². The lowest BCUT2D eigenvalue weighted by Crippen LogP contribution is -2.41. The fraction of sp³-hybridized carbons (Fsp3) is 0.350. The van der Waals surface area contributed by atoms with Crippen LogP contribution in [0.1, 0.15) is 12.8 Å². The van der Waals surface area contributed by atoms with E-state index in [1.807, 2.05) is 4.90 Å². The lowest BCUT2D eigenvalue weighted by atomic mass is 9.95. The molecule has 1 aliphatic heterocycles. The molecule has 1 heterocycles. The molecular formula is C20H22ClN3O4. The molecule has 8 heteroatoms. The van der Waals surface area contributed by atoms with Crippen molar-refractivity contribution < 1.29 is 14.5 Å². The molecule has 1 N–H and O–H groups in total. The Morgan fingerprint density at radius 1 is 1.18 bits per heavy atom. The van der Waals surface area contributed by atoms with Gasteiger partial charge < -0.3 is 15.0 Å². The predicted octanol–water partition coefficient (Wildman–Crippen LogP) is 3.66. The van der Waals surface area contributed by atoms with Crippen molar-refractivity contribution in [1.82, 2.24) is 5.32 Å². The normalized spacial score (nSPS) is 14.5. The number of hydrogen-bond acceptors (Lipinski definition) is 5. The molecule has 0 bridgehead atoms. The Bertz CT molecular complexity index is 820. The lowest BCUT2D eigenvalue weighted by molar-refractivity contribution is -0.384. The monoisotopic (exact) mass is 403 g/mol. The van der Waals surface area contributed by atoms with Crippen LogP contribution in [0.2, 0.25) is 5.02 Å². The van der Waals surface area contributed by atoms with Gasteiger partial charge in [0, 0.05) is 30.1 Å². The molecule has 1 aliphatic rings. The third-order valence-corrected chi connectivity index (χ3v) is 5.02. The molecule has 2 aromatic rings. The van der Waals surface area contributed by atoms with Gasteiger partial charge in [-0.25, -0.2) is 0 Å². The van der Waals surface area contributed by atoms with Crippen molar-refractivity contribution in [3.05, 3.63) is 63.7 Å². The maximum atomic E-state index is 12.4. The zero-order valence-electron chi connectivity index (χ0n) is 15.3. The minimum atomic E-state index is -0.366. The van der Waals surface area contributed by atoms with Gasteiger partial charge in [-0.05, 0) is 43.2 Å². The molecule has 0 unspecified atom stereocenters. The Morgan fingerprint density at radius 3 is 2.54 bits per heavy atom. The molecule has 0 aliphatic carbocycles. The van der Waals surface area contributed by atoms with Gasteiger partial charge in [-0.1, -0.05) is 23.7 Å². The van der Waals surface area contributed by atoms with Crippen molar-refractivity contribution in [1.29, 1.82) is 0 Å². The average Bonchev–Trinajstić information content (AvgIpc) is 2.72. The smallest absolute Gasteiger partial charge is 0.292 e. The quantitative estimate of drug-likeness (QED) is 0.433. The number of nitrogens with zero attached hydrogens (tertiary/aromatic N) is 2. The van der Waals surface area contributed by atoms with Crippen molar-refractivity contribution in [3.63, 3.8) is 0 Å². The van der Waals surface area contributed by atoms with Crippen molar-refractivity contribution >= 4 is 28.9 Å². The fourth-order valence-corrected chi connectivity index (χ4v) is 3.41. The summed E-state index contributed by atoms with van der Waals surface area (Å²) in [5, 5.41) is 14.7. The number of hydrogen-bond donors (Lipinski definition) is 1. The summed E-state index contributed by atoms with van der Waals surface area (Å²) in [4.78, 5) is 25.2. The fourth-order valence-electron chi connectivity index (χ4n) is 3.29. The summed E-state index contributed by atoms with van der Waals surface area (Å²) in [6, 6.07) is 13.8. The van der Waals surface area contributed by atoms with E-state index < -0.39 is 0 Å². The molecule has 0 radical (unpaired) electrons. The molecule has 3 rings (SSSR count). The molecule has 2 aromatic carbocycles. The van der Waals surface area contributed by atoms with Crippen molar-refractivity contribution in [2.24, 2.45) is 5.92 Å². The summed E-state index contributed by atoms with van der Waals surface area (Å²) in [5.41, 5.74) is 0.715. The number of piperidine rings is 1. The Labute approximate surface area is 168 Å². The minimum Gasteiger partial charge on any atom is -0.492 e. The molecule has 0 spiro atoms. The number of carbonyl (C=O) groups excluding carboxylic acids is 1. The van der Waals surface area contributed by atoms with Crippen LogP contribution in [0.3, 0.4) is 0 Å². The average molecular weight is 404 g/mol. The summed E-state index contributed by atoms with van der Waals surface area (Å²) < 4.78 is 5.56. The molecule has 7 nitrogen and oxygen atoms in total. The van der Waals surface area contributed by atoms with Gasteiger partial charge in [0.05, 0.1) is 11.5 Å². The third-order valence-electron chi connectivity index (χ3n) is 4.77. The van der Waals surface area contributed by atoms with E-state index in [4.69, 9.17) is 16.3 Å². The molecule has 0 atom stereocenters. The van der Waals surface area contributed by atoms with Crippen LogP contribution in [0.25, 0.3) is 0 Å². The zero-order chi connectivity index (χ0) is 19.9. The largest absolute Gasteiger partial charge is 0.492 e. The lowest BCUT2D eigenvalue weighted by Gasteiger charge is -2.32. The molecular weight excluding hydrogens is 382 g/mol. The molecule has 0 aromatic heterocycles. The Balaban J connectivity index is 1.42. The topological polar surface area (TPSA) is 84.7 Å². The second kappa shape index (κ2) is 9.41. The number of benzene rings is 2. The van der Waals surface area contributed by atoms with Crippen molar-refractivity contribution in [2.75, 3.05) is 31.1 Å². The van der Waals surface area contributed by atoms with E-state index in [0.717, 1.165) is 0 Å². The van der Waals surface area contributed by atoms with E-state index >= 15 is 0 Å². The number of nitrogens with one attached hydrogen (secondary N) is 1. The van der Waals surface area contributed by atoms with Crippen LogP contribution in [0.4, 0.5) is 11.4 Å². The van der Waals surface area contributed by atoms with Gasteiger partial charge >= 0.3 is 0 Å². The maximum absolute atomic E-state index is 12.4. The second-order valence-corrected chi connectivity index (χ2v) is 7.04. The van der Waals surface area contributed by atoms with Crippen LogP contribution in [0, 0.1) is 16.0 Å². The van der Waals surface area contributed by atoms with Crippen LogP contribution in [0.5, 0.6) is 5.75 Å². The number of carbonyl (C=O) groups is 1. The van der Waals surface area contributed by atoms with Gasteiger partial charge in [-0.3, -0.25) is 14.9 Å². The van der Waals surface area contributed by atoms with Gasteiger partial charge in [0.25, 0.3) is 5.69 Å². The standard InChI is InChI=1S/C20H22ClN3O4/c21-16-5-7-17(8-6-16)28-14-11-22-20(25)15-9-12-23(13-10-15)18-3-1-2-4-19(18)24(26)27/h1-8,15H,9-14H2,(H,22,25). The minimum absolute atomic E-state index is 0.00178. The first-order chi connectivity index (χ1) is 13.5.